The van der Waals surface area contributed by atoms with Crippen molar-refractivity contribution >= 4 is 11.6 Å². The normalized spacial score (nSPS) is 11.4. The summed E-state index contributed by atoms with van der Waals surface area (Å²) in [4.78, 5) is 11.6. The van der Waals surface area contributed by atoms with E-state index in [1.54, 1.807) is 0 Å². The maximum Gasteiger partial charge on any atom is 0.242 e. The Morgan fingerprint density at radius 3 is 2.58 bits per heavy atom. The number of rotatable bonds is 8. The summed E-state index contributed by atoms with van der Waals surface area (Å²) in [5.41, 5.74) is 4.55. The van der Waals surface area contributed by atoms with Gasteiger partial charge in [-0.15, -0.1) is 0 Å². The molecule has 104 valence electrons. The zero-order chi connectivity index (χ0) is 13.9. The van der Waals surface area contributed by atoms with E-state index < -0.39 is 0 Å². The van der Waals surface area contributed by atoms with E-state index in [0.29, 0.717) is 19.6 Å². The van der Waals surface area contributed by atoms with E-state index >= 15 is 0 Å². The molecular weight excluding hydrogens is 240 g/mol. The van der Waals surface area contributed by atoms with Crippen LogP contribution in [0.25, 0.3) is 0 Å². The van der Waals surface area contributed by atoms with Gasteiger partial charge in [0.15, 0.2) is 0 Å². The second kappa shape index (κ2) is 9.28. The van der Waals surface area contributed by atoms with Crippen molar-refractivity contribution in [3.63, 3.8) is 0 Å². The molecule has 1 rings (SSSR count). The first-order chi connectivity index (χ1) is 9.27. The van der Waals surface area contributed by atoms with Crippen LogP contribution in [-0.4, -0.2) is 24.8 Å². The maximum absolute atomic E-state index is 11.6. The molecule has 19 heavy (non-hydrogen) atoms. The lowest BCUT2D eigenvalue weighted by Gasteiger charge is -2.06. The Kier molecular flexibility index (Phi) is 7.51. The van der Waals surface area contributed by atoms with Gasteiger partial charge in [-0.3, -0.25) is 4.79 Å². The Morgan fingerprint density at radius 2 is 1.95 bits per heavy atom. The average molecular weight is 262 g/mol. The summed E-state index contributed by atoms with van der Waals surface area (Å²) in [6.45, 7) is 5.06. The lowest BCUT2D eigenvalue weighted by Crippen LogP contribution is -2.21. The van der Waals surface area contributed by atoms with Crippen LogP contribution < -0.4 is 5.43 Å². The van der Waals surface area contributed by atoms with Crippen LogP contribution >= 0.6 is 0 Å². The highest BCUT2D eigenvalue weighted by Crippen LogP contribution is 2.06. The number of carbonyl (C=O) groups excluding carboxylic acids is 1. The van der Waals surface area contributed by atoms with Crippen LogP contribution in [0.15, 0.2) is 35.4 Å². The van der Waals surface area contributed by atoms with Gasteiger partial charge in [-0.2, -0.15) is 5.10 Å². The van der Waals surface area contributed by atoms with E-state index in [1.165, 1.54) is 0 Å². The zero-order valence-corrected chi connectivity index (χ0v) is 11.7. The number of carbonyl (C=O) groups is 1. The lowest BCUT2D eigenvalue weighted by molar-refractivity contribution is -0.122. The first kappa shape index (κ1) is 15.4. The molecule has 0 radical (unpaired) electrons. The number of amides is 1. The standard InChI is InChI=1S/C15H22N2O2/c1-3-8-14(13-9-6-5-7-10-13)16-17-15(18)11-12-19-4-2/h5-7,9-10H,3-4,8,11-12H2,1-2H3,(H,17,18)/b16-14+. The molecule has 0 aliphatic rings. The molecule has 1 amide bonds. The topological polar surface area (TPSA) is 50.7 Å². The summed E-state index contributed by atoms with van der Waals surface area (Å²) >= 11 is 0. The fourth-order valence-corrected chi connectivity index (χ4v) is 1.63. The van der Waals surface area contributed by atoms with Crippen LogP contribution in [0.5, 0.6) is 0 Å². The number of benzene rings is 1. The quantitative estimate of drug-likeness (QED) is 0.445. The second-order valence-electron chi connectivity index (χ2n) is 4.16. The molecule has 0 aliphatic heterocycles. The predicted molar refractivity (Wildman–Crippen MR) is 77.1 cm³/mol. The molecular formula is C15H22N2O2. The number of nitrogens with zero attached hydrogens (tertiary/aromatic N) is 1. The van der Waals surface area contributed by atoms with E-state index in [4.69, 9.17) is 4.74 Å². The van der Waals surface area contributed by atoms with Gasteiger partial charge in [0.1, 0.15) is 0 Å². The van der Waals surface area contributed by atoms with Crippen molar-refractivity contribution in [2.24, 2.45) is 5.10 Å². The van der Waals surface area contributed by atoms with Crippen molar-refractivity contribution in [2.75, 3.05) is 13.2 Å². The maximum atomic E-state index is 11.6. The Hall–Kier alpha value is -1.68. The van der Waals surface area contributed by atoms with Crippen molar-refractivity contribution in [1.82, 2.24) is 5.43 Å². The molecule has 1 N–H and O–H groups in total. The molecule has 0 aliphatic carbocycles. The summed E-state index contributed by atoms with van der Waals surface area (Å²) in [6, 6.07) is 9.91. The van der Waals surface area contributed by atoms with Gasteiger partial charge in [0, 0.05) is 6.61 Å². The van der Waals surface area contributed by atoms with Gasteiger partial charge in [0.2, 0.25) is 5.91 Å². The third kappa shape index (κ3) is 6.15. The minimum Gasteiger partial charge on any atom is -0.381 e. The van der Waals surface area contributed by atoms with E-state index in [9.17, 15) is 4.79 Å². The smallest absolute Gasteiger partial charge is 0.242 e. The van der Waals surface area contributed by atoms with Crippen molar-refractivity contribution < 1.29 is 9.53 Å². The van der Waals surface area contributed by atoms with Crippen molar-refractivity contribution in [2.45, 2.75) is 33.1 Å². The molecule has 4 nitrogen and oxygen atoms in total. The second-order valence-corrected chi connectivity index (χ2v) is 4.16. The lowest BCUT2D eigenvalue weighted by atomic mass is 10.1. The minimum absolute atomic E-state index is 0.113. The predicted octanol–water partition coefficient (Wildman–Crippen LogP) is 2.73. The summed E-state index contributed by atoms with van der Waals surface area (Å²) in [6.07, 6.45) is 2.17. The molecule has 0 spiro atoms. The highest BCUT2D eigenvalue weighted by molar-refractivity contribution is 6.01. The number of hydrogen-bond donors (Lipinski definition) is 1. The molecule has 0 heterocycles. The molecule has 4 heteroatoms. The fourth-order valence-electron chi connectivity index (χ4n) is 1.63. The summed E-state index contributed by atoms with van der Waals surface area (Å²) in [5, 5.41) is 4.22. The van der Waals surface area contributed by atoms with Gasteiger partial charge < -0.3 is 4.74 Å². The van der Waals surface area contributed by atoms with Crippen LogP contribution in [0.2, 0.25) is 0 Å². The Balaban J connectivity index is 2.56. The SMILES string of the molecule is CCC/C(=N\NC(=O)CCOCC)c1ccccc1. The van der Waals surface area contributed by atoms with Crippen molar-refractivity contribution in [1.29, 1.82) is 0 Å². The Labute approximate surface area is 114 Å². The molecule has 0 saturated carbocycles. The third-order valence-corrected chi connectivity index (χ3v) is 2.59. The first-order valence-corrected chi connectivity index (χ1v) is 6.76. The van der Waals surface area contributed by atoms with Crippen molar-refractivity contribution in [3.05, 3.63) is 35.9 Å². The van der Waals surface area contributed by atoms with Crippen molar-refractivity contribution in [3.8, 4) is 0 Å². The monoisotopic (exact) mass is 262 g/mol. The molecule has 0 saturated heterocycles. The zero-order valence-electron chi connectivity index (χ0n) is 11.7. The van der Waals surface area contributed by atoms with Crippen LogP contribution in [0.4, 0.5) is 0 Å². The molecule has 0 aromatic heterocycles. The fraction of sp³-hybridized carbons (Fsp3) is 0.467. The largest absolute Gasteiger partial charge is 0.381 e. The van der Waals surface area contributed by atoms with E-state index in [0.717, 1.165) is 24.1 Å². The van der Waals surface area contributed by atoms with E-state index in [1.807, 2.05) is 37.3 Å². The van der Waals surface area contributed by atoms with Gasteiger partial charge in [-0.1, -0.05) is 43.7 Å². The van der Waals surface area contributed by atoms with E-state index in [-0.39, 0.29) is 5.91 Å². The number of nitrogens with one attached hydrogen (secondary N) is 1. The van der Waals surface area contributed by atoms with Gasteiger partial charge in [0.05, 0.1) is 18.7 Å². The summed E-state index contributed by atoms with van der Waals surface area (Å²) < 4.78 is 5.13. The van der Waals surface area contributed by atoms with Gasteiger partial charge in [0.25, 0.3) is 0 Å². The Morgan fingerprint density at radius 1 is 1.21 bits per heavy atom. The molecule has 0 unspecified atom stereocenters. The molecule has 0 bridgehead atoms. The Bertz CT molecular complexity index is 402. The molecule has 0 atom stereocenters. The van der Waals surface area contributed by atoms with Crippen LogP contribution in [0.3, 0.4) is 0 Å². The van der Waals surface area contributed by atoms with Gasteiger partial charge in [-0.05, 0) is 18.9 Å². The average Bonchev–Trinajstić information content (AvgIpc) is 2.44. The molecule has 1 aromatic carbocycles. The van der Waals surface area contributed by atoms with Gasteiger partial charge >= 0.3 is 0 Å². The molecule has 1 aromatic rings. The minimum atomic E-state index is -0.113. The van der Waals surface area contributed by atoms with Crippen LogP contribution in [0, 0.1) is 0 Å². The van der Waals surface area contributed by atoms with Crippen LogP contribution in [-0.2, 0) is 9.53 Å². The number of ether oxygens (including phenoxy) is 1. The van der Waals surface area contributed by atoms with Gasteiger partial charge in [-0.25, -0.2) is 5.43 Å². The summed E-state index contributed by atoms with van der Waals surface area (Å²) in [5.74, 6) is -0.113. The summed E-state index contributed by atoms with van der Waals surface area (Å²) in [7, 11) is 0. The highest BCUT2D eigenvalue weighted by atomic mass is 16.5. The third-order valence-electron chi connectivity index (χ3n) is 2.59. The first-order valence-electron chi connectivity index (χ1n) is 6.76. The highest BCUT2D eigenvalue weighted by Gasteiger charge is 2.04. The number of hydrogen-bond acceptors (Lipinski definition) is 3. The molecule has 0 fully saturated rings. The van der Waals surface area contributed by atoms with E-state index in [2.05, 4.69) is 17.5 Å². The number of hydrazone groups is 1. The van der Waals surface area contributed by atoms with Crippen LogP contribution in [0.1, 0.15) is 38.7 Å².